The third kappa shape index (κ3) is 5.59. The minimum absolute atomic E-state index is 0. The van der Waals surface area contributed by atoms with Gasteiger partial charge in [0.25, 0.3) is 0 Å². The van der Waals surface area contributed by atoms with E-state index in [4.69, 9.17) is 0 Å². The van der Waals surface area contributed by atoms with E-state index in [1.165, 1.54) is 18.4 Å². The van der Waals surface area contributed by atoms with Crippen LogP contribution >= 0.6 is 35.3 Å². The van der Waals surface area contributed by atoms with Crippen molar-refractivity contribution in [2.24, 2.45) is 4.99 Å². The van der Waals surface area contributed by atoms with Crippen LogP contribution in [0.5, 0.6) is 0 Å². The van der Waals surface area contributed by atoms with E-state index < -0.39 is 11.9 Å². The van der Waals surface area contributed by atoms with Gasteiger partial charge in [-0.05, 0) is 18.4 Å². The standard InChI is InChI=1S/C19H23F3N4S.HI/c1-23-17(24-11-16-26-15(12-27-16)19(20,21)22)25-13-18(9-5-6-10-18)14-7-3-2-4-8-14;/h2-4,7-8,12H,5-6,9-11,13H2,1H3,(H2,23,24,25);1H. The molecule has 0 amide bonds. The minimum Gasteiger partial charge on any atom is -0.356 e. The fourth-order valence-electron chi connectivity index (χ4n) is 3.57. The van der Waals surface area contributed by atoms with Crippen molar-refractivity contribution < 1.29 is 13.2 Å². The molecular weight excluding hydrogens is 500 g/mol. The fraction of sp³-hybridized carbons (Fsp3) is 0.474. The number of rotatable bonds is 5. The van der Waals surface area contributed by atoms with Gasteiger partial charge in [0.2, 0.25) is 0 Å². The minimum atomic E-state index is -4.40. The first-order valence-corrected chi connectivity index (χ1v) is 9.83. The van der Waals surface area contributed by atoms with Gasteiger partial charge >= 0.3 is 6.18 Å². The van der Waals surface area contributed by atoms with Gasteiger partial charge in [0.15, 0.2) is 11.7 Å². The van der Waals surface area contributed by atoms with Crippen molar-refractivity contribution in [2.45, 2.75) is 43.8 Å². The van der Waals surface area contributed by atoms with Crippen LogP contribution in [0.25, 0.3) is 0 Å². The average molecular weight is 524 g/mol. The highest BCUT2D eigenvalue weighted by molar-refractivity contribution is 14.0. The lowest BCUT2D eigenvalue weighted by molar-refractivity contribution is -0.140. The smallest absolute Gasteiger partial charge is 0.356 e. The molecule has 3 rings (SSSR count). The van der Waals surface area contributed by atoms with Gasteiger partial charge in [-0.3, -0.25) is 4.99 Å². The predicted molar refractivity (Wildman–Crippen MR) is 117 cm³/mol. The molecule has 154 valence electrons. The Hall–Kier alpha value is -1.36. The molecule has 1 aliphatic rings. The van der Waals surface area contributed by atoms with Crippen LogP contribution in [0, 0.1) is 0 Å². The van der Waals surface area contributed by atoms with Crippen molar-refractivity contribution in [2.75, 3.05) is 13.6 Å². The summed E-state index contributed by atoms with van der Waals surface area (Å²) in [7, 11) is 1.65. The van der Waals surface area contributed by atoms with E-state index in [0.29, 0.717) is 11.0 Å². The van der Waals surface area contributed by atoms with E-state index in [1.54, 1.807) is 7.05 Å². The van der Waals surface area contributed by atoms with Crippen molar-refractivity contribution >= 4 is 41.3 Å². The molecular formula is C19H24F3IN4S. The van der Waals surface area contributed by atoms with Gasteiger partial charge in [-0.2, -0.15) is 13.2 Å². The van der Waals surface area contributed by atoms with Crippen LogP contribution in [0.2, 0.25) is 0 Å². The lowest BCUT2D eigenvalue weighted by Crippen LogP contribution is -2.44. The van der Waals surface area contributed by atoms with Crippen LogP contribution in [0.1, 0.15) is 41.9 Å². The highest BCUT2D eigenvalue weighted by Crippen LogP contribution is 2.40. The number of aliphatic imine (C=N–C) groups is 1. The Morgan fingerprint density at radius 2 is 1.86 bits per heavy atom. The van der Waals surface area contributed by atoms with Gasteiger partial charge in [-0.25, -0.2) is 4.98 Å². The maximum absolute atomic E-state index is 12.7. The predicted octanol–water partition coefficient (Wildman–Crippen LogP) is 4.96. The molecule has 1 heterocycles. The summed E-state index contributed by atoms with van der Waals surface area (Å²) in [5.41, 5.74) is 0.546. The van der Waals surface area contributed by atoms with E-state index in [1.807, 2.05) is 6.07 Å². The molecule has 0 saturated heterocycles. The molecule has 0 unspecified atom stereocenters. The molecule has 1 saturated carbocycles. The second-order valence-electron chi connectivity index (χ2n) is 6.76. The summed E-state index contributed by atoms with van der Waals surface area (Å²) >= 11 is 0.992. The molecule has 1 aliphatic carbocycles. The number of aromatic nitrogens is 1. The second kappa shape index (κ2) is 9.91. The number of halogens is 4. The summed E-state index contributed by atoms with van der Waals surface area (Å²) in [5, 5.41) is 7.83. The Labute approximate surface area is 184 Å². The summed E-state index contributed by atoms with van der Waals surface area (Å²) in [5.74, 6) is 0.570. The van der Waals surface area contributed by atoms with Crippen LogP contribution in [-0.2, 0) is 18.1 Å². The Balaban J connectivity index is 0.00000280. The number of benzene rings is 1. The Bertz CT molecular complexity index is 771. The first kappa shape index (κ1) is 22.9. The molecule has 0 bridgehead atoms. The summed E-state index contributed by atoms with van der Waals surface area (Å²) < 4.78 is 38.0. The first-order valence-electron chi connectivity index (χ1n) is 8.95. The van der Waals surface area contributed by atoms with E-state index in [0.717, 1.165) is 36.1 Å². The number of nitrogens with zero attached hydrogens (tertiary/aromatic N) is 2. The number of nitrogens with one attached hydrogen (secondary N) is 2. The third-order valence-electron chi connectivity index (χ3n) is 5.01. The van der Waals surface area contributed by atoms with Gasteiger partial charge in [0.05, 0.1) is 6.54 Å². The van der Waals surface area contributed by atoms with Crippen LogP contribution in [0.15, 0.2) is 40.7 Å². The van der Waals surface area contributed by atoms with E-state index in [-0.39, 0.29) is 35.9 Å². The van der Waals surface area contributed by atoms with Crippen molar-refractivity contribution in [3.8, 4) is 0 Å². The largest absolute Gasteiger partial charge is 0.434 e. The molecule has 0 atom stereocenters. The maximum atomic E-state index is 12.7. The Morgan fingerprint density at radius 1 is 1.18 bits per heavy atom. The van der Waals surface area contributed by atoms with Gasteiger partial charge in [0, 0.05) is 24.4 Å². The summed E-state index contributed by atoms with van der Waals surface area (Å²) in [6.07, 6.45) is 0.216. The van der Waals surface area contributed by atoms with Crippen molar-refractivity contribution in [1.82, 2.24) is 15.6 Å². The molecule has 1 aromatic heterocycles. The average Bonchev–Trinajstić information content (AvgIpc) is 3.33. The highest BCUT2D eigenvalue weighted by Gasteiger charge is 2.36. The second-order valence-corrected chi connectivity index (χ2v) is 7.70. The zero-order chi connectivity index (χ0) is 19.3. The molecule has 2 aromatic rings. The monoisotopic (exact) mass is 524 g/mol. The van der Waals surface area contributed by atoms with E-state index >= 15 is 0 Å². The van der Waals surface area contributed by atoms with Gasteiger partial charge in [0.1, 0.15) is 5.01 Å². The van der Waals surface area contributed by atoms with E-state index in [9.17, 15) is 13.2 Å². The molecule has 1 fully saturated rings. The molecule has 4 nitrogen and oxygen atoms in total. The topological polar surface area (TPSA) is 49.3 Å². The first-order chi connectivity index (χ1) is 12.9. The molecule has 0 radical (unpaired) electrons. The number of alkyl halides is 3. The molecule has 0 aliphatic heterocycles. The van der Waals surface area contributed by atoms with Crippen LogP contribution in [-0.4, -0.2) is 24.5 Å². The Kier molecular flexibility index (Phi) is 8.11. The number of thiazole rings is 1. The van der Waals surface area contributed by atoms with Crippen LogP contribution in [0.4, 0.5) is 13.2 Å². The zero-order valence-corrected chi connectivity index (χ0v) is 18.7. The SMILES string of the molecule is CN=C(NCc1nc(C(F)(F)F)cs1)NCC1(c2ccccc2)CCCC1.I. The van der Waals surface area contributed by atoms with Crippen LogP contribution < -0.4 is 10.6 Å². The van der Waals surface area contributed by atoms with Crippen molar-refractivity contribution in [3.63, 3.8) is 0 Å². The molecule has 0 spiro atoms. The van der Waals surface area contributed by atoms with Gasteiger partial charge in [-0.1, -0.05) is 43.2 Å². The van der Waals surface area contributed by atoms with Gasteiger partial charge in [-0.15, -0.1) is 35.3 Å². The fourth-order valence-corrected chi connectivity index (χ4v) is 4.31. The summed E-state index contributed by atoms with van der Waals surface area (Å²) in [6, 6.07) is 10.5. The number of hydrogen-bond acceptors (Lipinski definition) is 3. The quantitative estimate of drug-likeness (QED) is 0.331. The maximum Gasteiger partial charge on any atom is 0.434 e. The summed E-state index contributed by atoms with van der Waals surface area (Å²) in [6.45, 7) is 0.946. The summed E-state index contributed by atoms with van der Waals surface area (Å²) in [4.78, 5) is 7.83. The Morgan fingerprint density at radius 3 is 2.43 bits per heavy atom. The number of guanidine groups is 1. The lowest BCUT2D eigenvalue weighted by atomic mass is 9.79. The highest BCUT2D eigenvalue weighted by atomic mass is 127. The normalized spacial score (nSPS) is 16.5. The lowest BCUT2D eigenvalue weighted by Gasteiger charge is -2.30. The van der Waals surface area contributed by atoms with E-state index in [2.05, 4.69) is 44.9 Å². The molecule has 9 heteroatoms. The van der Waals surface area contributed by atoms with Crippen molar-refractivity contribution in [1.29, 1.82) is 0 Å². The van der Waals surface area contributed by atoms with Crippen LogP contribution in [0.3, 0.4) is 0 Å². The molecule has 28 heavy (non-hydrogen) atoms. The van der Waals surface area contributed by atoms with Crippen molar-refractivity contribution in [3.05, 3.63) is 52.0 Å². The number of hydrogen-bond donors (Lipinski definition) is 2. The molecule has 1 aromatic carbocycles. The van der Waals surface area contributed by atoms with Gasteiger partial charge < -0.3 is 10.6 Å². The zero-order valence-electron chi connectivity index (χ0n) is 15.6. The molecule has 2 N–H and O–H groups in total. The third-order valence-corrected chi connectivity index (χ3v) is 5.86.